The maximum atomic E-state index is 12.3. The van der Waals surface area contributed by atoms with Gasteiger partial charge in [0.15, 0.2) is 0 Å². The van der Waals surface area contributed by atoms with E-state index in [1.54, 1.807) is 29.2 Å². The number of nitrogens with zero attached hydrogens (tertiary/aromatic N) is 3. The molecule has 2 amide bonds. The lowest BCUT2D eigenvalue weighted by Gasteiger charge is -2.18. The average molecular weight is 349 g/mol. The molecule has 1 unspecified atom stereocenters. The van der Waals surface area contributed by atoms with Gasteiger partial charge in [-0.1, -0.05) is 23.7 Å². The van der Waals surface area contributed by atoms with E-state index in [1.165, 1.54) is 7.11 Å². The van der Waals surface area contributed by atoms with Gasteiger partial charge in [-0.05, 0) is 12.1 Å². The van der Waals surface area contributed by atoms with Crippen molar-refractivity contribution < 1.29 is 14.3 Å². The molecule has 1 atom stereocenters. The monoisotopic (exact) mass is 348 g/mol. The number of benzene rings is 1. The highest BCUT2D eigenvalue weighted by atomic mass is 35.5. The van der Waals surface area contributed by atoms with Crippen molar-refractivity contribution in [3.8, 4) is 11.8 Å². The number of nitrogens with one attached hydrogen (secondary N) is 1. The zero-order valence-corrected chi connectivity index (χ0v) is 13.9. The van der Waals surface area contributed by atoms with Crippen molar-refractivity contribution in [2.75, 3.05) is 25.5 Å². The second-order valence-electron chi connectivity index (χ2n) is 5.30. The zero-order valence-electron chi connectivity index (χ0n) is 13.1. The van der Waals surface area contributed by atoms with E-state index in [1.807, 2.05) is 12.1 Å². The zero-order chi connectivity index (χ0) is 16.9. The minimum Gasteiger partial charge on any atom is -0.480 e. The molecule has 8 heteroatoms. The highest BCUT2D eigenvalue weighted by molar-refractivity contribution is 6.33. The molecular weight excluding hydrogens is 332 g/mol. The number of amides is 2. The van der Waals surface area contributed by atoms with Gasteiger partial charge in [-0.15, -0.1) is 10.2 Å². The first-order valence-electron chi connectivity index (χ1n) is 7.50. The highest BCUT2D eigenvalue weighted by Gasteiger charge is 2.28. The molecule has 1 fully saturated rings. The number of carbonyl (C=O) groups is 1. The van der Waals surface area contributed by atoms with Crippen LogP contribution in [0.3, 0.4) is 0 Å². The molecule has 1 N–H and O–H groups in total. The minimum absolute atomic E-state index is 0.121. The van der Waals surface area contributed by atoms with E-state index in [0.29, 0.717) is 35.6 Å². The summed E-state index contributed by atoms with van der Waals surface area (Å²) in [4.78, 5) is 14.0. The van der Waals surface area contributed by atoms with Gasteiger partial charge in [-0.3, -0.25) is 0 Å². The molecule has 1 aromatic carbocycles. The summed E-state index contributed by atoms with van der Waals surface area (Å²) in [6.45, 7) is 1.08. The van der Waals surface area contributed by atoms with Crippen LogP contribution in [0.1, 0.15) is 6.42 Å². The second-order valence-corrected chi connectivity index (χ2v) is 5.71. The van der Waals surface area contributed by atoms with Gasteiger partial charge in [-0.2, -0.15) is 0 Å². The van der Waals surface area contributed by atoms with Crippen molar-refractivity contribution >= 4 is 23.3 Å². The first-order chi connectivity index (χ1) is 11.7. The third kappa shape index (κ3) is 3.86. The van der Waals surface area contributed by atoms with Crippen molar-refractivity contribution in [1.29, 1.82) is 0 Å². The third-order valence-corrected chi connectivity index (χ3v) is 3.99. The summed E-state index contributed by atoms with van der Waals surface area (Å²) in [5.41, 5.74) is 0.592. The van der Waals surface area contributed by atoms with Crippen LogP contribution >= 0.6 is 11.6 Å². The van der Waals surface area contributed by atoms with Crippen LogP contribution in [0.4, 0.5) is 10.5 Å². The fraction of sp³-hybridized carbons (Fsp3) is 0.312. The van der Waals surface area contributed by atoms with Crippen LogP contribution in [-0.2, 0) is 0 Å². The van der Waals surface area contributed by atoms with Gasteiger partial charge in [0.1, 0.15) is 6.10 Å². The molecule has 0 spiro atoms. The Morgan fingerprint density at radius 3 is 2.71 bits per heavy atom. The number of rotatable bonds is 4. The number of carbonyl (C=O) groups excluding carboxylic acids is 1. The molecule has 126 valence electrons. The first-order valence-corrected chi connectivity index (χ1v) is 7.88. The van der Waals surface area contributed by atoms with Crippen molar-refractivity contribution in [2.24, 2.45) is 0 Å². The van der Waals surface area contributed by atoms with Crippen molar-refractivity contribution in [2.45, 2.75) is 12.5 Å². The van der Waals surface area contributed by atoms with Gasteiger partial charge in [0.05, 0.1) is 24.4 Å². The number of hydrogen-bond acceptors (Lipinski definition) is 5. The van der Waals surface area contributed by atoms with Crippen LogP contribution in [0.2, 0.25) is 5.02 Å². The Bertz CT molecular complexity index is 711. The van der Waals surface area contributed by atoms with E-state index in [9.17, 15) is 4.79 Å². The number of para-hydroxylation sites is 1. The normalized spacial score (nSPS) is 16.8. The summed E-state index contributed by atoms with van der Waals surface area (Å²) in [6, 6.07) is 10.3. The molecule has 1 saturated heterocycles. The van der Waals surface area contributed by atoms with Crippen LogP contribution in [-0.4, -0.2) is 47.4 Å². The second kappa shape index (κ2) is 7.35. The molecule has 7 nitrogen and oxygen atoms in total. The lowest BCUT2D eigenvalue weighted by atomic mass is 10.3. The number of aromatic nitrogens is 2. The molecule has 24 heavy (non-hydrogen) atoms. The molecule has 0 saturated carbocycles. The summed E-state index contributed by atoms with van der Waals surface area (Å²) < 4.78 is 10.7. The van der Waals surface area contributed by atoms with Gasteiger partial charge in [-0.25, -0.2) is 4.79 Å². The number of urea groups is 1. The van der Waals surface area contributed by atoms with Crippen LogP contribution in [0.5, 0.6) is 11.8 Å². The molecule has 1 aliphatic heterocycles. The summed E-state index contributed by atoms with van der Waals surface area (Å²) in [5, 5.41) is 11.1. The SMILES string of the molecule is COc1ccc(OC2CCN(C(=O)Nc3ccccc3Cl)C2)nn1. The van der Waals surface area contributed by atoms with Crippen LogP contribution in [0.25, 0.3) is 0 Å². The Balaban J connectivity index is 1.54. The summed E-state index contributed by atoms with van der Waals surface area (Å²) in [6.07, 6.45) is 0.605. The largest absolute Gasteiger partial charge is 0.480 e. The number of hydrogen-bond donors (Lipinski definition) is 1. The van der Waals surface area contributed by atoms with Crippen LogP contribution < -0.4 is 14.8 Å². The average Bonchev–Trinajstić information content (AvgIpc) is 3.06. The van der Waals surface area contributed by atoms with Crippen molar-refractivity contribution in [3.05, 3.63) is 41.4 Å². The highest BCUT2D eigenvalue weighted by Crippen LogP contribution is 2.22. The maximum absolute atomic E-state index is 12.3. The topological polar surface area (TPSA) is 76.6 Å². The van der Waals surface area contributed by atoms with E-state index >= 15 is 0 Å². The smallest absolute Gasteiger partial charge is 0.322 e. The first kappa shape index (κ1) is 16.3. The summed E-state index contributed by atoms with van der Waals surface area (Å²) in [7, 11) is 1.52. The van der Waals surface area contributed by atoms with Crippen molar-refractivity contribution in [1.82, 2.24) is 15.1 Å². The number of ether oxygens (including phenoxy) is 2. The Morgan fingerprint density at radius 1 is 1.25 bits per heavy atom. The molecule has 0 bridgehead atoms. The molecule has 2 aromatic rings. The minimum atomic E-state index is -0.199. The number of methoxy groups -OCH3 is 1. The fourth-order valence-corrected chi connectivity index (χ4v) is 2.60. The predicted molar refractivity (Wildman–Crippen MR) is 89.7 cm³/mol. The summed E-state index contributed by atoms with van der Waals surface area (Å²) in [5.74, 6) is 0.837. The molecule has 3 rings (SSSR count). The van der Waals surface area contributed by atoms with E-state index in [0.717, 1.165) is 6.42 Å². The molecule has 1 aliphatic rings. The Kier molecular flexibility index (Phi) is 5.00. The fourth-order valence-electron chi connectivity index (χ4n) is 2.42. The van der Waals surface area contributed by atoms with Crippen LogP contribution in [0.15, 0.2) is 36.4 Å². The lowest BCUT2D eigenvalue weighted by Crippen LogP contribution is -2.34. The molecule has 0 radical (unpaired) electrons. The maximum Gasteiger partial charge on any atom is 0.322 e. The quantitative estimate of drug-likeness (QED) is 0.919. The number of likely N-dealkylation sites (tertiary alicyclic amines) is 1. The lowest BCUT2D eigenvalue weighted by molar-refractivity contribution is 0.188. The van der Waals surface area contributed by atoms with E-state index < -0.39 is 0 Å². The Morgan fingerprint density at radius 2 is 2.00 bits per heavy atom. The van der Waals surface area contributed by atoms with Gasteiger partial charge in [0.25, 0.3) is 0 Å². The summed E-state index contributed by atoms with van der Waals surface area (Å²) >= 11 is 6.05. The van der Waals surface area contributed by atoms with Gasteiger partial charge < -0.3 is 19.7 Å². The molecular formula is C16H17ClN4O3. The standard InChI is InChI=1S/C16H17ClN4O3/c1-23-14-6-7-15(20-19-14)24-11-8-9-21(10-11)16(22)18-13-5-3-2-4-12(13)17/h2-7,11H,8-10H2,1H3,(H,18,22). The van der Waals surface area contributed by atoms with Crippen LogP contribution in [0, 0.1) is 0 Å². The van der Waals surface area contributed by atoms with Gasteiger partial charge in [0, 0.05) is 25.1 Å². The molecule has 0 aliphatic carbocycles. The van der Waals surface area contributed by atoms with E-state index in [4.69, 9.17) is 21.1 Å². The number of halogens is 1. The van der Waals surface area contributed by atoms with Gasteiger partial charge >= 0.3 is 6.03 Å². The number of anilines is 1. The Labute approximate surface area is 144 Å². The van der Waals surface area contributed by atoms with Gasteiger partial charge in [0.2, 0.25) is 11.8 Å². The third-order valence-electron chi connectivity index (χ3n) is 3.66. The Hall–Kier alpha value is -2.54. The molecule has 2 heterocycles. The molecule has 1 aromatic heterocycles. The van der Waals surface area contributed by atoms with E-state index in [-0.39, 0.29) is 12.1 Å². The van der Waals surface area contributed by atoms with E-state index in [2.05, 4.69) is 15.5 Å². The predicted octanol–water partition coefficient (Wildman–Crippen LogP) is 2.82. The van der Waals surface area contributed by atoms with Crippen molar-refractivity contribution in [3.63, 3.8) is 0 Å².